The molecule has 0 bridgehead atoms. The molecule has 2 aliphatic heterocycles. The molecule has 1 N–H and O–H groups in total. The molecule has 6 nitrogen and oxygen atoms in total. The molecule has 2 aliphatic rings. The number of hydrogen-bond donors (Lipinski definition) is 1. The van der Waals surface area contributed by atoms with Gasteiger partial charge < -0.3 is 19.8 Å². The molecule has 2 heterocycles. The number of likely N-dealkylation sites (tertiary alicyclic amines) is 1. The summed E-state index contributed by atoms with van der Waals surface area (Å²) in [6.45, 7) is 7.18. The van der Waals surface area contributed by atoms with Crippen LogP contribution in [0.3, 0.4) is 0 Å². The van der Waals surface area contributed by atoms with Crippen molar-refractivity contribution in [2.24, 2.45) is 5.92 Å². The highest BCUT2D eigenvalue weighted by Crippen LogP contribution is 2.25. The Morgan fingerprint density at radius 2 is 1.81 bits per heavy atom. The first-order chi connectivity index (χ1) is 9.90. The van der Waals surface area contributed by atoms with Crippen LogP contribution in [-0.4, -0.2) is 77.1 Å². The monoisotopic (exact) mass is 297 g/mol. The quantitative estimate of drug-likeness (QED) is 0.793. The molecule has 0 aromatic carbocycles. The number of carbonyl (C=O) groups is 2. The summed E-state index contributed by atoms with van der Waals surface area (Å²) in [5.41, 5.74) is 0. The highest BCUT2D eigenvalue weighted by molar-refractivity contribution is 5.83. The minimum Gasteiger partial charge on any atom is -0.480 e. The maximum absolute atomic E-state index is 12.8. The van der Waals surface area contributed by atoms with Crippen LogP contribution in [0.15, 0.2) is 0 Å². The van der Waals surface area contributed by atoms with Gasteiger partial charge in [0.25, 0.3) is 0 Å². The van der Waals surface area contributed by atoms with Crippen molar-refractivity contribution < 1.29 is 14.7 Å². The van der Waals surface area contributed by atoms with Gasteiger partial charge in [-0.15, -0.1) is 0 Å². The van der Waals surface area contributed by atoms with E-state index in [-0.39, 0.29) is 12.1 Å². The number of urea groups is 1. The Hall–Kier alpha value is -1.30. The van der Waals surface area contributed by atoms with E-state index in [1.54, 1.807) is 4.90 Å². The van der Waals surface area contributed by atoms with Crippen LogP contribution < -0.4 is 0 Å². The molecular formula is C15H27N3O3. The lowest BCUT2D eigenvalue weighted by atomic mass is 9.92. The van der Waals surface area contributed by atoms with E-state index < -0.39 is 12.0 Å². The number of nitrogens with zero attached hydrogens (tertiary/aromatic N) is 3. The lowest BCUT2D eigenvalue weighted by Crippen LogP contribution is -2.56. The number of carboxylic acids is 1. The number of rotatable bonds is 1. The molecule has 6 heteroatoms. The molecular weight excluding hydrogens is 270 g/mol. The Labute approximate surface area is 126 Å². The smallest absolute Gasteiger partial charge is 0.326 e. The lowest BCUT2D eigenvalue weighted by molar-refractivity contribution is -0.144. The van der Waals surface area contributed by atoms with Gasteiger partial charge in [-0.3, -0.25) is 0 Å². The number of likely N-dealkylation sites (N-methyl/N-ethyl adjacent to an activating group) is 1. The highest BCUT2D eigenvalue weighted by Gasteiger charge is 2.38. The SMILES string of the molecule is CC1CCN(C(=O)N2CCCN(C)CC2C)C(C(=O)O)C1. The number of hydrogen-bond acceptors (Lipinski definition) is 3. The zero-order valence-corrected chi connectivity index (χ0v) is 13.3. The first-order valence-electron chi connectivity index (χ1n) is 7.88. The fourth-order valence-electron chi connectivity index (χ4n) is 3.43. The summed E-state index contributed by atoms with van der Waals surface area (Å²) in [4.78, 5) is 30.0. The zero-order valence-electron chi connectivity index (χ0n) is 13.3. The molecule has 2 rings (SSSR count). The maximum atomic E-state index is 12.8. The molecule has 0 aliphatic carbocycles. The summed E-state index contributed by atoms with van der Waals surface area (Å²) in [7, 11) is 2.06. The van der Waals surface area contributed by atoms with Crippen molar-refractivity contribution in [1.29, 1.82) is 0 Å². The summed E-state index contributed by atoms with van der Waals surface area (Å²) in [6.07, 6.45) is 2.38. The van der Waals surface area contributed by atoms with Gasteiger partial charge in [-0.2, -0.15) is 0 Å². The Morgan fingerprint density at radius 1 is 1.10 bits per heavy atom. The topological polar surface area (TPSA) is 64.1 Å². The molecule has 0 spiro atoms. The van der Waals surface area contributed by atoms with Crippen LogP contribution in [0.5, 0.6) is 0 Å². The number of amides is 2. The molecule has 2 saturated heterocycles. The molecule has 21 heavy (non-hydrogen) atoms. The molecule has 0 aromatic rings. The van der Waals surface area contributed by atoms with E-state index in [1.807, 2.05) is 11.8 Å². The largest absolute Gasteiger partial charge is 0.480 e. The zero-order chi connectivity index (χ0) is 15.6. The van der Waals surface area contributed by atoms with Crippen molar-refractivity contribution in [3.8, 4) is 0 Å². The molecule has 2 amide bonds. The first kappa shape index (κ1) is 16.1. The number of piperidine rings is 1. The van der Waals surface area contributed by atoms with Crippen LogP contribution in [0, 0.1) is 5.92 Å². The van der Waals surface area contributed by atoms with Gasteiger partial charge in [-0.25, -0.2) is 9.59 Å². The van der Waals surface area contributed by atoms with Gasteiger partial charge in [-0.05, 0) is 45.7 Å². The Bertz CT molecular complexity index is 402. The van der Waals surface area contributed by atoms with E-state index in [4.69, 9.17) is 0 Å². The summed E-state index contributed by atoms with van der Waals surface area (Å²) >= 11 is 0. The number of carboxylic acid groups (broad SMARTS) is 1. The second-order valence-electron chi connectivity index (χ2n) is 6.62. The van der Waals surface area contributed by atoms with Crippen LogP contribution >= 0.6 is 0 Å². The number of carbonyl (C=O) groups excluding carboxylic acids is 1. The van der Waals surface area contributed by atoms with Crippen LogP contribution in [0.2, 0.25) is 0 Å². The van der Waals surface area contributed by atoms with Gasteiger partial charge in [0.1, 0.15) is 6.04 Å². The predicted octanol–water partition coefficient (Wildman–Crippen LogP) is 1.32. The van der Waals surface area contributed by atoms with Crippen molar-refractivity contribution in [3.63, 3.8) is 0 Å². The van der Waals surface area contributed by atoms with E-state index in [2.05, 4.69) is 18.9 Å². The average Bonchev–Trinajstić information content (AvgIpc) is 2.58. The van der Waals surface area contributed by atoms with E-state index in [0.717, 1.165) is 25.9 Å². The van der Waals surface area contributed by atoms with E-state index >= 15 is 0 Å². The second-order valence-corrected chi connectivity index (χ2v) is 6.62. The van der Waals surface area contributed by atoms with Crippen LogP contribution in [0.1, 0.15) is 33.1 Å². The van der Waals surface area contributed by atoms with E-state index in [0.29, 0.717) is 25.4 Å². The minimum atomic E-state index is -0.880. The van der Waals surface area contributed by atoms with Crippen molar-refractivity contribution in [1.82, 2.24) is 14.7 Å². The summed E-state index contributed by atoms with van der Waals surface area (Å²) in [6, 6.07) is -0.648. The molecule has 0 aromatic heterocycles. The van der Waals surface area contributed by atoms with Crippen LogP contribution in [0.4, 0.5) is 4.79 Å². The van der Waals surface area contributed by atoms with E-state index in [1.165, 1.54) is 0 Å². The summed E-state index contributed by atoms with van der Waals surface area (Å²) in [5, 5.41) is 9.42. The van der Waals surface area contributed by atoms with Crippen molar-refractivity contribution in [2.45, 2.75) is 45.2 Å². The summed E-state index contributed by atoms with van der Waals surface area (Å²) in [5.74, 6) is -0.516. The molecule has 120 valence electrons. The fourth-order valence-corrected chi connectivity index (χ4v) is 3.43. The third-order valence-corrected chi connectivity index (χ3v) is 4.69. The van der Waals surface area contributed by atoms with Crippen LogP contribution in [0.25, 0.3) is 0 Å². The van der Waals surface area contributed by atoms with Gasteiger partial charge >= 0.3 is 12.0 Å². The van der Waals surface area contributed by atoms with Gasteiger partial charge in [0, 0.05) is 25.7 Å². The maximum Gasteiger partial charge on any atom is 0.326 e. The molecule has 0 saturated carbocycles. The third kappa shape index (κ3) is 3.67. The normalized spacial score (nSPS) is 31.9. The number of aliphatic carboxylic acids is 1. The molecule has 0 radical (unpaired) electrons. The van der Waals surface area contributed by atoms with Crippen molar-refractivity contribution in [2.75, 3.05) is 33.2 Å². The Balaban J connectivity index is 2.11. The molecule has 2 fully saturated rings. The Kier molecular flexibility index (Phi) is 5.08. The van der Waals surface area contributed by atoms with Crippen molar-refractivity contribution in [3.05, 3.63) is 0 Å². The van der Waals surface area contributed by atoms with Gasteiger partial charge in [0.2, 0.25) is 0 Å². The van der Waals surface area contributed by atoms with Gasteiger partial charge in [0.15, 0.2) is 0 Å². The van der Waals surface area contributed by atoms with Crippen LogP contribution in [-0.2, 0) is 4.79 Å². The predicted molar refractivity (Wildman–Crippen MR) is 80.2 cm³/mol. The lowest BCUT2D eigenvalue weighted by Gasteiger charge is -2.40. The second kappa shape index (κ2) is 6.64. The molecule has 3 unspecified atom stereocenters. The molecule has 3 atom stereocenters. The Morgan fingerprint density at radius 3 is 2.48 bits per heavy atom. The van der Waals surface area contributed by atoms with Gasteiger partial charge in [0.05, 0.1) is 0 Å². The highest BCUT2D eigenvalue weighted by atomic mass is 16.4. The minimum absolute atomic E-state index is 0.0999. The first-order valence-corrected chi connectivity index (χ1v) is 7.88. The van der Waals surface area contributed by atoms with Gasteiger partial charge in [-0.1, -0.05) is 6.92 Å². The standard InChI is InChI=1S/C15H27N3O3/c1-11-5-8-18(13(9-11)14(19)20)15(21)17-7-4-6-16(3)10-12(17)2/h11-13H,4-10H2,1-3H3,(H,19,20). The fraction of sp³-hybridized carbons (Fsp3) is 0.867. The summed E-state index contributed by atoms with van der Waals surface area (Å²) < 4.78 is 0. The van der Waals surface area contributed by atoms with Crippen molar-refractivity contribution >= 4 is 12.0 Å². The average molecular weight is 297 g/mol. The van der Waals surface area contributed by atoms with E-state index in [9.17, 15) is 14.7 Å². The third-order valence-electron chi connectivity index (χ3n) is 4.69.